The Morgan fingerprint density at radius 1 is 1.18 bits per heavy atom. The van der Waals surface area contributed by atoms with E-state index in [9.17, 15) is 9.59 Å². The molecule has 0 N–H and O–H groups in total. The van der Waals surface area contributed by atoms with Crippen LogP contribution in [0.25, 0.3) is 0 Å². The zero-order valence-electron chi connectivity index (χ0n) is 19.2. The molecule has 174 valence electrons. The van der Waals surface area contributed by atoms with Crippen molar-refractivity contribution in [3.63, 3.8) is 0 Å². The van der Waals surface area contributed by atoms with E-state index in [4.69, 9.17) is 11.6 Å². The SMILES string of the molecule is CCN(C(=O)N1C(=O)C(c2ccccc2Cl)C=C1C1=NC=CC1=C1C=CC=N1)C1CCCCC1. The summed E-state index contributed by atoms with van der Waals surface area (Å²) in [5.41, 5.74) is 3.31. The van der Waals surface area contributed by atoms with Crippen LogP contribution < -0.4 is 0 Å². The van der Waals surface area contributed by atoms with E-state index in [-0.39, 0.29) is 18.0 Å². The number of imide groups is 1. The number of nitrogens with zero attached hydrogens (tertiary/aromatic N) is 4. The quantitative estimate of drug-likeness (QED) is 0.554. The predicted molar refractivity (Wildman–Crippen MR) is 135 cm³/mol. The van der Waals surface area contributed by atoms with Gasteiger partial charge in [0.25, 0.3) is 0 Å². The number of urea groups is 1. The molecule has 0 saturated heterocycles. The molecule has 1 aliphatic carbocycles. The first kappa shape index (κ1) is 22.5. The van der Waals surface area contributed by atoms with Crippen LogP contribution in [0, 0.1) is 0 Å². The van der Waals surface area contributed by atoms with E-state index in [1.165, 1.54) is 11.3 Å². The number of rotatable bonds is 4. The van der Waals surface area contributed by atoms with Gasteiger partial charge in [-0.1, -0.05) is 49.1 Å². The normalized spacial score (nSPS) is 24.2. The Hall–Kier alpha value is -3.25. The van der Waals surface area contributed by atoms with Crippen LogP contribution in [0.3, 0.4) is 0 Å². The van der Waals surface area contributed by atoms with E-state index in [0.717, 1.165) is 37.0 Å². The lowest BCUT2D eigenvalue weighted by Gasteiger charge is -2.36. The van der Waals surface area contributed by atoms with Crippen molar-refractivity contribution < 1.29 is 9.59 Å². The van der Waals surface area contributed by atoms with Gasteiger partial charge in [-0.2, -0.15) is 0 Å². The monoisotopic (exact) mass is 474 g/mol. The summed E-state index contributed by atoms with van der Waals surface area (Å²) < 4.78 is 0. The van der Waals surface area contributed by atoms with Crippen LogP contribution in [0.4, 0.5) is 4.79 Å². The third-order valence-electron chi connectivity index (χ3n) is 6.86. The molecule has 1 aromatic rings. The molecule has 1 unspecified atom stereocenters. The Labute approximate surface area is 204 Å². The number of hydrogen-bond acceptors (Lipinski definition) is 4. The summed E-state index contributed by atoms with van der Waals surface area (Å²) >= 11 is 6.47. The van der Waals surface area contributed by atoms with Crippen LogP contribution in [0.2, 0.25) is 5.02 Å². The van der Waals surface area contributed by atoms with Gasteiger partial charge in [0, 0.05) is 35.6 Å². The largest absolute Gasteiger partial charge is 0.331 e. The van der Waals surface area contributed by atoms with Gasteiger partial charge in [0.1, 0.15) is 0 Å². The first-order valence-corrected chi connectivity index (χ1v) is 12.3. The van der Waals surface area contributed by atoms with Crippen LogP contribution in [0.15, 0.2) is 81.7 Å². The van der Waals surface area contributed by atoms with Crippen LogP contribution in [0.5, 0.6) is 0 Å². The van der Waals surface area contributed by atoms with E-state index in [0.29, 0.717) is 28.5 Å². The fraction of sp³-hybridized carbons (Fsp3) is 0.333. The lowest BCUT2D eigenvalue weighted by molar-refractivity contribution is -0.126. The molecule has 0 spiro atoms. The molecule has 1 saturated carbocycles. The van der Waals surface area contributed by atoms with Gasteiger partial charge in [0.2, 0.25) is 5.91 Å². The number of aliphatic imine (C=N–C) groups is 2. The van der Waals surface area contributed by atoms with Gasteiger partial charge in [-0.05, 0) is 55.7 Å². The molecule has 1 fully saturated rings. The molecule has 6 nitrogen and oxygen atoms in total. The molecule has 34 heavy (non-hydrogen) atoms. The number of hydrogen-bond donors (Lipinski definition) is 0. The molecule has 1 aromatic carbocycles. The molecular weight excluding hydrogens is 448 g/mol. The van der Waals surface area contributed by atoms with Crippen molar-refractivity contribution in [2.75, 3.05) is 6.54 Å². The Bertz CT molecular complexity index is 1190. The first-order chi connectivity index (χ1) is 16.6. The third-order valence-corrected chi connectivity index (χ3v) is 7.20. The number of amides is 3. The van der Waals surface area contributed by atoms with Crippen molar-refractivity contribution in [1.29, 1.82) is 0 Å². The van der Waals surface area contributed by atoms with Crippen LogP contribution in [0.1, 0.15) is 50.5 Å². The molecular formula is C27H27ClN4O2. The summed E-state index contributed by atoms with van der Waals surface area (Å²) in [6.45, 7) is 2.52. The smallest absolute Gasteiger partial charge is 0.321 e. The molecule has 1 atom stereocenters. The average molecular weight is 475 g/mol. The van der Waals surface area contributed by atoms with Crippen molar-refractivity contribution in [3.8, 4) is 0 Å². The highest BCUT2D eigenvalue weighted by molar-refractivity contribution is 6.32. The second-order valence-electron chi connectivity index (χ2n) is 8.81. The average Bonchev–Trinajstić information content (AvgIpc) is 3.60. The van der Waals surface area contributed by atoms with Gasteiger partial charge < -0.3 is 4.90 Å². The van der Waals surface area contributed by atoms with Gasteiger partial charge in [-0.3, -0.25) is 14.8 Å². The topological polar surface area (TPSA) is 65.3 Å². The molecule has 7 heteroatoms. The Morgan fingerprint density at radius 3 is 2.68 bits per heavy atom. The molecule has 4 aliphatic rings. The van der Waals surface area contributed by atoms with Gasteiger partial charge in [0.15, 0.2) is 0 Å². The van der Waals surface area contributed by atoms with Crippen molar-refractivity contribution in [2.45, 2.75) is 51.0 Å². The van der Waals surface area contributed by atoms with Crippen molar-refractivity contribution >= 4 is 35.5 Å². The number of carbonyl (C=O) groups is 2. The molecule has 5 rings (SSSR count). The number of allylic oxidation sites excluding steroid dienone is 4. The summed E-state index contributed by atoms with van der Waals surface area (Å²) in [4.78, 5) is 39.9. The maximum Gasteiger partial charge on any atom is 0.331 e. The maximum absolute atomic E-state index is 14.0. The second kappa shape index (κ2) is 9.55. The summed E-state index contributed by atoms with van der Waals surface area (Å²) in [7, 11) is 0. The number of halogens is 1. The Balaban J connectivity index is 1.57. The summed E-state index contributed by atoms with van der Waals surface area (Å²) in [5, 5.41) is 0.499. The molecule has 3 heterocycles. The predicted octanol–water partition coefficient (Wildman–Crippen LogP) is 5.79. The van der Waals surface area contributed by atoms with Crippen molar-refractivity contribution in [1.82, 2.24) is 9.80 Å². The van der Waals surface area contributed by atoms with E-state index in [1.807, 2.05) is 54.3 Å². The van der Waals surface area contributed by atoms with Crippen molar-refractivity contribution in [3.05, 3.63) is 82.3 Å². The zero-order valence-corrected chi connectivity index (χ0v) is 19.9. The minimum absolute atomic E-state index is 0.142. The standard InChI is InChI=1S/C27H27ClN4O2/c1-2-31(18-9-4-3-5-10-18)27(34)32-24(25-20(14-16-30-25)23-13-8-15-29-23)17-21(26(32)33)19-11-6-7-12-22(19)28/h6-8,11-18,21H,2-5,9-10H2,1H3. The molecule has 0 aromatic heterocycles. The summed E-state index contributed by atoms with van der Waals surface area (Å²) in [5.74, 6) is -0.957. The van der Waals surface area contributed by atoms with E-state index in [1.54, 1.807) is 18.5 Å². The maximum atomic E-state index is 14.0. The summed E-state index contributed by atoms with van der Waals surface area (Å²) in [6, 6.07) is 7.14. The van der Waals surface area contributed by atoms with E-state index >= 15 is 0 Å². The van der Waals surface area contributed by atoms with E-state index < -0.39 is 5.92 Å². The van der Waals surface area contributed by atoms with Gasteiger partial charge >= 0.3 is 6.03 Å². The highest BCUT2D eigenvalue weighted by atomic mass is 35.5. The first-order valence-electron chi connectivity index (χ1n) is 11.9. The van der Waals surface area contributed by atoms with Crippen LogP contribution in [-0.2, 0) is 4.79 Å². The highest BCUT2D eigenvalue weighted by Gasteiger charge is 2.44. The zero-order chi connectivity index (χ0) is 23.7. The van der Waals surface area contributed by atoms with Gasteiger partial charge in [-0.15, -0.1) is 0 Å². The summed E-state index contributed by atoms with van der Waals surface area (Å²) in [6.07, 6.45) is 16.2. The lowest BCUT2D eigenvalue weighted by atomic mass is 9.94. The minimum Gasteiger partial charge on any atom is -0.321 e. The van der Waals surface area contributed by atoms with E-state index in [2.05, 4.69) is 9.98 Å². The molecule has 0 radical (unpaired) electrons. The molecule has 3 amide bonds. The molecule has 3 aliphatic heterocycles. The Morgan fingerprint density at radius 2 is 1.97 bits per heavy atom. The van der Waals surface area contributed by atoms with Crippen LogP contribution >= 0.6 is 11.6 Å². The Kier molecular flexibility index (Phi) is 6.33. The molecule has 0 bridgehead atoms. The number of carbonyl (C=O) groups excluding carboxylic acids is 2. The fourth-order valence-corrected chi connectivity index (χ4v) is 5.42. The van der Waals surface area contributed by atoms with Gasteiger partial charge in [0.05, 0.1) is 23.0 Å². The lowest BCUT2D eigenvalue weighted by Crippen LogP contribution is -2.50. The highest BCUT2D eigenvalue weighted by Crippen LogP contribution is 2.38. The van der Waals surface area contributed by atoms with Crippen LogP contribution in [-0.4, -0.2) is 46.3 Å². The fourth-order valence-electron chi connectivity index (χ4n) is 5.17. The second-order valence-corrected chi connectivity index (χ2v) is 9.22. The van der Waals surface area contributed by atoms with Crippen molar-refractivity contribution in [2.24, 2.45) is 9.98 Å². The van der Waals surface area contributed by atoms with Gasteiger partial charge in [-0.25, -0.2) is 9.69 Å². The number of benzene rings is 1. The third kappa shape index (κ3) is 3.96. The minimum atomic E-state index is -0.658.